The number of hydrogen-bond donors (Lipinski definition) is 2. The zero-order valence-electron chi connectivity index (χ0n) is 17.8. The Kier molecular flexibility index (Phi) is 6.52. The molecule has 10 heteroatoms. The monoisotopic (exact) mass is 466 g/mol. The molecule has 0 aliphatic rings. The second-order valence-corrected chi connectivity index (χ2v) is 9.26. The Morgan fingerprint density at radius 3 is 2.75 bits per heavy atom. The zero-order valence-corrected chi connectivity index (χ0v) is 19.5. The molecule has 32 heavy (non-hydrogen) atoms. The number of fused-ring (bicyclic) bond motifs is 1. The number of carbonyl (C=O) groups is 2. The molecular formula is C22H22N6O2S2. The number of benzene rings is 2. The van der Waals surface area contributed by atoms with Crippen molar-refractivity contribution in [3.8, 4) is 0 Å². The summed E-state index contributed by atoms with van der Waals surface area (Å²) in [5, 5.41) is 15.3. The first-order valence-electron chi connectivity index (χ1n) is 9.96. The number of thiazole rings is 1. The van der Waals surface area contributed by atoms with Crippen molar-refractivity contribution in [2.24, 2.45) is 7.05 Å². The van der Waals surface area contributed by atoms with Crippen molar-refractivity contribution in [3.05, 3.63) is 65.5 Å². The van der Waals surface area contributed by atoms with Crippen LogP contribution < -0.4 is 10.6 Å². The summed E-state index contributed by atoms with van der Waals surface area (Å²) in [7, 11) is 1.82. The summed E-state index contributed by atoms with van der Waals surface area (Å²) in [6.07, 6.45) is 0. The van der Waals surface area contributed by atoms with Gasteiger partial charge in [-0.15, -0.1) is 10.2 Å². The second-order valence-electron chi connectivity index (χ2n) is 7.29. The van der Waals surface area contributed by atoms with E-state index in [-0.39, 0.29) is 23.6 Å². The fraction of sp³-hybridized carbons (Fsp3) is 0.227. The van der Waals surface area contributed by atoms with Crippen molar-refractivity contribution in [2.45, 2.75) is 25.0 Å². The van der Waals surface area contributed by atoms with E-state index < -0.39 is 0 Å². The van der Waals surface area contributed by atoms with Gasteiger partial charge in [0.25, 0.3) is 5.91 Å². The average molecular weight is 467 g/mol. The highest BCUT2D eigenvalue weighted by Gasteiger charge is 2.19. The molecule has 164 valence electrons. The fourth-order valence-electron chi connectivity index (χ4n) is 3.17. The molecule has 0 spiro atoms. The van der Waals surface area contributed by atoms with Gasteiger partial charge in [0, 0.05) is 12.6 Å². The standard InChI is InChI=1S/C22H22N6O2S2/c1-13-7-6-8-15(11-13)20(30)23-14(2)19-26-27-22(28(19)3)31-12-18(29)25-21-24-16-9-4-5-10-17(16)32-21/h4-11,14H,12H2,1-3H3,(H,23,30)(H,24,25,29)/t14-/m0/s1. The van der Waals surface area contributed by atoms with E-state index in [0.717, 1.165) is 15.8 Å². The summed E-state index contributed by atoms with van der Waals surface area (Å²) in [5.74, 6) is 0.444. The third kappa shape index (κ3) is 4.97. The number of nitrogens with one attached hydrogen (secondary N) is 2. The first-order chi connectivity index (χ1) is 15.4. The van der Waals surface area contributed by atoms with Crippen LogP contribution in [0, 0.1) is 6.92 Å². The highest BCUT2D eigenvalue weighted by atomic mass is 32.2. The van der Waals surface area contributed by atoms with Gasteiger partial charge in [0.2, 0.25) is 5.91 Å². The number of amides is 2. The van der Waals surface area contributed by atoms with E-state index in [0.29, 0.717) is 21.7 Å². The number of aromatic nitrogens is 4. The van der Waals surface area contributed by atoms with Gasteiger partial charge in [-0.05, 0) is 38.1 Å². The van der Waals surface area contributed by atoms with Gasteiger partial charge in [-0.1, -0.05) is 52.9 Å². The van der Waals surface area contributed by atoms with E-state index >= 15 is 0 Å². The Hall–Kier alpha value is -3.24. The SMILES string of the molecule is Cc1cccc(C(=O)N[C@@H](C)c2nnc(SCC(=O)Nc3nc4ccccc4s3)n2C)c1. The quantitative estimate of drug-likeness (QED) is 0.400. The smallest absolute Gasteiger partial charge is 0.251 e. The molecule has 2 aromatic heterocycles. The summed E-state index contributed by atoms with van der Waals surface area (Å²) >= 11 is 2.72. The normalized spacial score (nSPS) is 12.0. The number of rotatable bonds is 7. The maximum absolute atomic E-state index is 12.5. The molecule has 2 aromatic carbocycles. The van der Waals surface area contributed by atoms with Gasteiger partial charge in [-0.2, -0.15) is 0 Å². The molecule has 0 aliphatic heterocycles. The largest absolute Gasteiger partial charge is 0.342 e. The molecule has 0 bridgehead atoms. The second kappa shape index (κ2) is 9.49. The number of para-hydroxylation sites is 1. The number of aryl methyl sites for hydroxylation is 1. The fourth-order valence-corrected chi connectivity index (χ4v) is 4.77. The van der Waals surface area contributed by atoms with Crippen LogP contribution in [0.15, 0.2) is 53.7 Å². The summed E-state index contributed by atoms with van der Waals surface area (Å²) in [5.41, 5.74) is 2.48. The third-order valence-electron chi connectivity index (χ3n) is 4.76. The maximum atomic E-state index is 12.5. The number of thioether (sulfide) groups is 1. The van der Waals surface area contributed by atoms with Gasteiger partial charge in [0.05, 0.1) is 22.0 Å². The van der Waals surface area contributed by atoms with E-state index in [1.807, 2.05) is 63.4 Å². The van der Waals surface area contributed by atoms with Crippen LogP contribution in [0.1, 0.15) is 34.7 Å². The van der Waals surface area contributed by atoms with Crippen LogP contribution in [0.5, 0.6) is 0 Å². The molecule has 4 aromatic rings. The lowest BCUT2D eigenvalue weighted by Crippen LogP contribution is -2.28. The lowest BCUT2D eigenvalue weighted by Gasteiger charge is -2.14. The molecule has 8 nitrogen and oxygen atoms in total. The molecule has 0 fully saturated rings. The molecule has 0 unspecified atom stereocenters. The molecule has 1 atom stereocenters. The molecule has 0 saturated heterocycles. The summed E-state index contributed by atoms with van der Waals surface area (Å²) in [6.45, 7) is 3.80. The average Bonchev–Trinajstić information content (AvgIpc) is 3.34. The van der Waals surface area contributed by atoms with E-state index in [4.69, 9.17) is 0 Å². The Labute approximate surface area is 193 Å². The van der Waals surface area contributed by atoms with Crippen LogP contribution in [-0.4, -0.2) is 37.3 Å². The highest BCUT2D eigenvalue weighted by Crippen LogP contribution is 2.26. The highest BCUT2D eigenvalue weighted by molar-refractivity contribution is 7.99. The van der Waals surface area contributed by atoms with Crippen LogP contribution in [0.2, 0.25) is 0 Å². The van der Waals surface area contributed by atoms with Crippen molar-refractivity contribution in [1.29, 1.82) is 0 Å². The minimum absolute atomic E-state index is 0.167. The van der Waals surface area contributed by atoms with Crippen LogP contribution >= 0.6 is 23.1 Å². The van der Waals surface area contributed by atoms with Crippen LogP contribution in [0.4, 0.5) is 5.13 Å². The number of hydrogen-bond acceptors (Lipinski definition) is 7. The lowest BCUT2D eigenvalue weighted by molar-refractivity contribution is -0.113. The van der Waals surface area contributed by atoms with Crippen molar-refractivity contribution < 1.29 is 9.59 Å². The molecular weight excluding hydrogens is 444 g/mol. The Morgan fingerprint density at radius 2 is 1.97 bits per heavy atom. The van der Waals surface area contributed by atoms with E-state index in [1.165, 1.54) is 23.1 Å². The molecule has 0 saturated carbocycles. The van der Waals surface area contributed by atoms with Gasteiger partial charge in [0.15, 0.2) is 16.1 Å². The van der Waals surface area contributed by atoms with Crippen LogP contribution in [0.3, 0.4) is 0 Å². The van der Waals surface area contributed by atoms with E-state index in [2.05, 4.69) is 25.8 Å². The minimum atomic E-state index is -0.341. The van der Waals surface area contributed by atoms with Crippen molar-refractivity contribution >= 4 is 50.3 Å². The van der Waals surface area contributed by atoms with Crippen molar-refractivity contribution in [3.63, 3.8) is 0 Å². The first-order valence-corrected chi connectivity index (χ1v) is 11.8. The molecule has 2 N–H and O–H groups in total. The summed E-state index contributed by atoms with van der Waals surface area (Å²) in [6, 6.07) is 14.8. The molecule has 2 amide bonds. The van der Waals surface area contributed by atoms with E-state index in [9.17, 15) is 9.59 Å². The number of carbonyl (C=O) groups excluding carboxylic acids is 2. The van der Waals surface area contributed by atoms with Crippen molar-refractivity contribution in [2.75, 3.05) is 11.1 Å². The zero-order chi connectivity index (χ0) is 22.7. The topological polar surface area (TPSA) is 102 Å². The molecule has 4 rings (SSSR count). The van der Waals surface area contributed by atoms with Gasteiger partial charge in [-0.3, -0.25) is 9.59 Å². The molecule has 2 heterocycles. The summed E-state index contributed by atoms with van der Waals surface area (Å²) in [4.78, 5) is 29.3. The predicted octanol–water partition coefficient (Wildman–Crippen LogP) is 3.96. The van der Waals surface area contributed by atoms with Gasteiger partial charge in [-0.25, -0.2) is 4.98 Å². The Morgan fingerprint density at radius 1 is 1.16 bits per heavy atom. The maximum Gasteiger partial charge on any atom is 0.251 e. The van der Waals surface area contributed by atoms with E-state index in [1.54, 1.807) is 10.6 Å². The van der Waals surface area contributed by atoms with Crippen LogP contribution in [-0.2, 0) is 11.8 Å². The Bertz CT molecular complexity index is 1250. The van der Waals surface area contributed by atoms with Crippen LogP contribution in [0.25, 0.3) is 10.2 Å². The summed E-state index contributed by atoms with van der Waals surface area (Å²) < 4.78 is 2.81. The van der Waals surface area contributed by atoms with Crippen molar-refractivity contribution in [1.82, 2.24) is 25.1 Å². The Balaban J connectivity index is 1.34. The predicted molar refractivity (Wildman–Crippen MR) is 127 cm³/mol. The lowest BCUT2D eigenvalue weighted by atomic mass is 10.1. The molecule has 0 radical (unpaired) electrons. The van der Waals surface area contributed by atoms with Gasteiger partial charge < -0.3 is 15.2 Å². The number of anilines is 1. The van der Waals surface area contributed by atoms with Gasteiger partial charge in [0.1, 0.15) is 0 Å². The first kappa shape index (κ1) is 22.0. The number of nitrogens with zero attached hydrogens (tertiary/aromatic N) is 4. The minimum Gasteiger partial charge on any atom is -0.342 e. The molecule has 0 aliphatic carbocycles. The third-order valence-corrected chi connectivity index (χ3v) is 6.73. The van der Waals surface area contributed by atoms with Gasteiger partial charge >= 0.3 is 0 Å².